The van der Waals surface area contributed by atoms with Gasteiger partial charge in [0.25, 0.3) is 0 Å². The maximum Gasteiger partial charge on any atom is 0.246 e. The van der Waals surface area contributed by atoms with Gasteiger partial charge in [-0.05, 0) is 106 Å². The summed E-state index contributed by atoms with van der Waals surface area (Å²) in [5.41, 5.74) is 1.99. The van der Waals surface area contributed by atoms with Crippen LogP contribution in [-0.4, -0.2) is 58.1 Å². The van der Waals surface area contributed by atoms with Gasteiger partial charge in [0.1, 0.15) is 0 Å². The third-order valence-corrected chi connectivity index (χ3v) is 8.58. The zero-order valence-electron chi connectivity index (χ0n) is 20.7. The SMILES string of the molecule is CN(C(=O)/C=C/c1ccoc1)C1CCC2C(CCN(CC3CC3)[C@@H]2CCc2ccc(O)c(O)c2)C1. The van der Waals surface area contributed by atoms with Crippen LogP contribution in [0.5, 0.6) is 11.5 Å². The summed E-state index contributed by atoms with van der Waals surface area (Å²) in [6.45, 7) is 2.36. The van der Waals surface area contributed by atoms with E-state index in [0.29, 0.717) is 23.9 Å². The van der Waals surface area contributed by atoms with Gasteiger partial charge in [-0.1, -0.05) is 6.07 Å². The van der Waals surface area contributed by atoms with Gasteiger partial charge in [-0.25, -0.2) is 0 Å². The van der Waals surface area contributed by atoms with E-state index in [0.717, 1.165) is 55.7 Å². The van der Waals surface area contributed by atoms with E-state index in [2.05, 4.69) is 4.90 Å². The molecule has 4 atom stereocenters. The molecule has 3 aliphatic rings. The Morgan fingerprint density at radius 3 is 2.74 bits per heavy atom. The van der Waals surface area contributed by atoms with Gasteiger partial charge in [-0.15, -0.1) is 0 Å². The van der Waals surface area contributed by atoms with Crippen LogP contribution >= 0.6 is 0 Å². The molecule has 35 heavy (non-hydrogen) atoms. The van der Waals surface area contributed by atoms with Crippen LogP contribution in [0.4, 0.5) is 0 Å². The van der Waals surface area contributed by atoms with E-state index >= 15 is 0 Å². The number of carbonyl (C=O) groups excluding carboxylic acids is 1. The van der Waals surface area contributed by atoms with Crippen LogP contribution in [0, 0.1) is 17.8 Å². The predicted molar refractivity (Wildman–Crippen MR) is 136 cm³/mol. The number of benzene rings is 1. The van der Waals surface area contributed by atoms with Crippen molar-refractivity contribution in [1.82, 2.24) is 9.80 Å². The predicted octanol–water partition coefficient (Wildman–Crippen LogP) is 5.06. The second-order valence-corrected chi connectivity index (χ2v) is 10.9. The Bertz CT molecular complexity index is 1030. The molecule has 188 valence electrons. The van der Waals surface area contributed by atoms with Crippen molar-refractivity contribution < 1.29 is 19.4 Å². The van der Waals surface area contributed by atoms with E-state index in [4.69, 9.17) is 4.42 Å². The smallest absolute Gasteiger partial charge is 0.246 e. The van der Waals surface area contributed by atoms with E-state index in [1.54, 1.807) is 30.7 Å². The normalized spacial score (nSPS) is 27.1. The minimum absolute atomic E-state index is 0.0334. The van der Waals surface area contributed by atoms with Gasteiger partial charge in [0.2, 0.25) is 5.91 Å². The number of rotatable bonds is 8. The lowest BCUT2D eigenvalue weighted by Crippen LogP contribution is -2.53. The number of furan rings is 1. The molecule has 3 fully saturated rings. The van der Waals surface area contributed by atoms with Crippen LogP contribution in [0.3, 0.4) is 0 Å². The number of nitrogens with zero attached hydrogens (tertiary/aromatic N) is 2. The molecule has 1 aromatic carbocycles. The molecule has 1 saturated heterocycles. The maximum atomic E-state index is 12.8. The van der Waals surface area contributed by atoms with Crippen LogP contribution in [0.25, 0.3) is 6.08 Å². The second kappa shape index (κ2) is 10.5. The highest BCUT2D eigenvalue weighted by atomic mass is 16.3. The molecule has 1 aliphatic heterocycles. The molecular formula is C29H38N2O4. The standard InChI is InChI=1S/C29H38N2O4/c1-30(29(34)11-6-22-13-15-35-19-22)24-7-8-25-23(17-24)12-14-31(18-21-2-3-21)26(25)9-4-20-5-10-27(32)28(33)16-20/h5-6,10-11,13,15-16,19,21,23-26,32-33H,2-4,7-9,12,14,17-18H2,1H3/b11-6+/t23?,24?,25?,26-/m1/s1. The number of aryl methyl sites for hydroxylation is 1. The van der Waals surface area contributed by atoms with Gasteiger partial charge < -0.3 is 19.5 Å². The molecule has 2 saturated carbocycles. The first-order chi connectivity index (χ1) is 17.0. The minimum Gasteiger partial charge on any atom is -0.504 e. The van der Waals surface area contributed by atoms with E-state index < -0.39 is 0 Å². The summed E-state index contributed by atoms with van der Waals surface area (Å²) < 4.78 is 5.08. The highest BCUT2D eigenvalue weighted by Gasteiger charge is 2.43. The molecule has 3 unspecified atom stereocenters. The average molecular weight is 479 g/mol. The van der Waals surface area contributed by atoms with Gasteiger partial charge in [0.15, 0.2) is 11.5 Å². The summed E-state index contributed by atoms with van der Waals surface area (Å²) in [5.74, 6) is 2.15. The Morgan fingerprint density at radius 1 is 1.14 bits per heavy atom. The van der Waals surface area contributed by atoms with Crippen molar-refractivity contribution >= 4 is 12.0 Å². The number of likely N-dealkylation sites (tertiary alicyclic amines) is 1. The molecule has 2 aliphatic carbocycles. The molecule has 1 aromatic heterocycles. The zero-order chi connectivity index (χ0) is 24.4. The Kier molecular flexibility index (Phi) is 7.19. The monoisotopic (exact) mass is 478 g/mol. The lowest BCUT2D eigenvalue weighted by Gasteiger charge is -2.50. The third-order valence-electron chi connectivity index (χ3n) is 8.58. The number of carbonyl (C=O) groups is 1. The van der Waals surface area contributed by atoms with Gasteiger partial charge in [0, 0.05) is 37.3 Å². The maximum absolute atomic E-state index is 12.8. The number of phenolic OH excluding ortho intramolecular Hbond substituents is 2. The van der Waals surface area contributed by atoms with Crippen molar-refractivity contribution in [2.75, 3.05) is 20.1 Å². The molecule has 5 rings (SSSR count). The van der Waals surface area contributed by atoms with Crippen molar-refractivity contribution in [2.45, 2.75) is 63.5 Å². The summed E-state index contributed by atoms with van der Waals surface area (Å²) in [6.07, 6.45) is 16.0. The van der Waals surface area contributed by atoms with Gasteiger partial charge in [-0.3, -0.25) is 9.69 Å². The lowest BCUT2D eigenvalue weighted by atomic mass is 9.68. The summed E-state index contributed by atoms with van der Waals surface area (Å²) in [7, 11) is 1.95. The molecule has 6 nitrogen and oxygen atoms in total. The van der Waals surface area contributed by atoms with E-state index in [1.807, 2.05) is 30.2 Å². The van der Waals surface area contributed by atoms with Crippen LogP contribution in [-0.2, 0) is 11.2 Å². The summed E-state index contributed by atoms with van der Waals surface area (Å²) >= 11 is 0. The molecule has 2 heterocycles. The van der Waals surface area contributed by atoms with Gasteiger partial charge >= 0.3 is 0 Å². The highest BCUT2D eigenvalue weighted by molar-refractivity contribution is 5.91. The molecule has 6 heteroatoms. The van der Waals surface area contributed by atoms with E-state index in [-0.39, 0.29) is 17.4 Å². The quantitative estimate of drug-likeness (QED) is 0.409. The Balaban J connectivity index is 1.23. The number of amides is 1. The number of fused-ring (bicyclic) bond motifs is 1. The Labute approximate surface area is 208 Å². The van der Waals surface area contributed by atoms with Crippen LogP contribution in [0.1, 0.15) is 56.1 Å². The van der Waals surface area contributed by atoms with Gasteiger partial charge in [0.05, 0.1) is 12.5 Å². The van der Waals surface area contributed by atoms with Crippen molar-refractivity contribution in [3.05, 3.63) is 54.0 Å². The van der Waals surface area contributed by atoms with E-state index in [9.17, 15) is 15.0 Å². The Morgan fingerprint density at radius 2 is 2.00 bits per heavy atom. The molecule has 0 bridgehead atoms. The number of piperidine rings is 1. The number of likely N-dealkylation sites (N-methyl/N-ethyl adjacent to an activating group) is 1. The van der Waals surface area contributed by atoms with Gasteiger partial charge in [-0.2, -0.15) is 0 Å². The van der Waals surface area contributed by atoms with Crippen molar-refractivity contribution in [3.8, 4) is 11.5 Å². The van der Waals surface area contributed by atoms with Crippen molar-refractivity contribution in [3.63, 3.8) is 0 Å². The highest BCUT2D eigenvalue weighted by Crippen LogP contribution is 2.44. The summed E-state index contributed by atoms with van der Waals surface area (Å²) in [6, 6.07) is 7.92. The van der Waals surface area contributed by atoms with Crippen LogP contribution in [0.2, 0.25) is 0 Å². The topological polar surface area (TPSA) is 77.2 Å². The lowest BCUT2D eigenvalue weighted by molar-refractivity contribution is -0.128. The number of hydrogen-bond donors (Lipinski definition) is 2. The Hall–Kier alpha value is -2.73. The fourth-order valence-corrected chi connectivity index (χ4v) is 6.35. The first kappa shape index (κ1) is 24.0. The summed E-state index contributed by atoms with van der Waals surface area (Å²) in [5, 5.41) is 19.6. The first-order valence-corrected chi connectivity index (χ1v) is 13.2. The van der Waals surface area contributed by atoms with Crippen LogP contribution in [0.15, 0.2) is 47.3 Å². The molecule has 2 aromatic rings. The molecular weight excluding hydrogens is 440 g/mol. The average Bonchev–Trinajstić information content (AvgIpc) is 3.53. The molecule has 1 amide bonds. The number of hydrogen-bond acceptors (Lipinski definition) is 5. The fourth-order valence-electron chi connectivity index (χ4n) is 6.35. The van der Waals surface area contributed by atoms with Crippen LogP contribution < -0.4 is 0 Å². The number of phenols is 2. The molecule has 0 radical (unpaired) electrons. The largest absolute Gasteiger partial charge is 0.504 e. The summed E-state index contributed by atoms with van der Waals surface area (Å²) in [4.78, 5) is 17.5. The molecule has 0 spiro atoms. The van der Waals surface area contributed by atoms with E-state index in [1.165, 1.54) is 25.8 Å². The third kappa shape index (κ3) is 5.75. The zero-order valence-corrected chi connectivity index (χ0v) is 20.7. The second-order valence-electron chi connectivity index (χ2n) is 10.9. The van der Waals surface area contributed by atoms with Crippen molar-refractivity contribution in [2.24, 2.45) is 17.8 Å². The molecule has 2 N–H and O–H groups in total. The first-order valence-electron chi connectivity index (χ1n) is 13.2. The minimum atomic E-state index is -0.0570. The van der Waals surface area contributed by atoms with Crippen molar-refractivity contribution in [1.29, 1.82) is 0 Å². The fraction of sp³-hybridized carbons (Fsp3) is 0.552. The number of aromatic hydroxyl groups is 2.